The van der Waals surface area contributed by atoms with E-state index in [4.69, 9.17) is 9.47 Å². The molecule has 0 bridgehead atoms. The summed E-state index contributed by atoms with van der Waals surface area (Å²) in [7, 11) is 0. The number of ether oxygens (including phenoxy) is 2. The van der Waals surface area contributed by atoms with E-state index in [9.17, 15) is 29.1 Å². The van der Waals surface area contributed by atoms with Crippen LogP contribution in [-0.4, -0.2) is 94.2 Å². The van der Waals surface area contributed by atoms with Crippen LogP contribution in [0, 0.1) is 0 Å². The number of carbonyl (C=O) groups excluding carboxylic acids is 5. The van der Waals surface area contributed by atoms with Crippen LogP contribution in [0.3, 0.4) is 0 Å². The molecule has 0 spiro atoms. The number of esters is 1. The summed E-state index contributed by atoms with van der Waals surface area (Å²) in [5.41, 5.74) is 0.720. The molecule has 2 fully saturated rings. The van der Waals surface area contributed by atoms with E-state index in [1.165, 1.54) is 4.90 Å². The van der Waals surface area contributed by atoms with Crippen molar-refractivity contribution in [3.8, 4) is 0 Å². The summed E-state index contributed by atoms with van der Waals surface area (Å²) in [6, 6.07) is 14.7. The van der Waals surface area contributed by atoms with Gasteiger partial charge in [-0.2, -0.15) is 0 Å². The van der Waals surface area contributed by atoms with E-state index in [-0.39, 0.29) is 31.9 Å². The van der Waals surface area contributed by atoms with Gasteiger partial charge in [0, 0.05) is 19.6 Å². The summed E-state index contributed by atoms with van der Waals surface area (Å²) in [6.45, 7) is 6.54. The van der Waals surface area contributed by atoms with Crippen LogP contribution in [0.5, 0.6) is 0 Å². The third kappa shape index (κ3) is 10.8. The van der Waals surface area contributed by atoms with Gasteiger partial charge in [-0.1, -0.05) is 60.7 Å². The fraction of sp³-hybridized carbons (Fsp3) is 0.528. The zero-order valence-electron chi connectivity index (χ0n) is 28.1. The molecule has 0 radical (unpaired) electrons. The molecular formula is C36H48N4O8. The molecule has 2 saturated heterocycles. The van der Waals surface area contributed by atoms with Gasteiger partial charge in [-0.25, -0.2) is 9.59 Å². The molecule has 12 nitrogen and oxygen atoms in total. The van der Waals surface area contributed by atoms with E-state index in [0.717, 1.165) is 30.4 Å². The molecule has 4 amide bonds. The zero-order chi connectivity index (χ0) is 34.7. The van der Waals surface area contributed by atoms with Gasteiger partial charge in [0.25, 0.3) is 5.91 Å². The smallest absolute Gasteiger partial charge is 0.408 e. The van der Waals surface area contributed by atoms with Crippen LogP contribution >= 0.6 is 0 Å². The van der Waals surface area contributed by atoms with Crippen molar-refractivity contribution in [2.75, 3.05) is 19.6 Å². The largest absolute Gasteiger partial charge is 0.458 e. The second-order valence-corrected chi connectivity index (χ2v) is 13.4. The Morgan fingerprint density at radius 3 is 2.10 bits per heavy atom. The number of aliphatic hydroxyl groups is 1. The minimum Gasteiger partial charge on any atom is -0.458 e. The fourth-order valence-corrected chi connectivity index (χ4v) is 5.94. The first kappa shape index (κ1) is 36.4. The monoisotopic (exact) mass is 664 g/mol. The zero-order valence-corrected chi connectivity index (χ0v) is 28.1. The van der Waals surface area contributed by atoms with Gasteiger partial charge < -0.3 is 35.0 Å². The number of nitrogens with one attached hydrogen (secondary N) is 2. The number of aliphatic hydroxyl groups excluding tert-OH is 1. The Bertz CT molecular complexity index is 1390. The highest BCUT2D eigenvalue weighted by molar-refractivity contribution is 5.92. The molecule has 1 unspecified atom stereocenters. The number of alkyl carbamates (subject to hydrolysis) is 1. The number of carbonyl (C=O) groups is 5. The molecule has 4 rings (SSSR count). The Balaban J connectivity index is 1.52. The van der Waals surface area contributed by atoms with Gasteiger partial charge in [0.15, 0.2) is 6.10 Å². The first-order chi connectivity index (χ1) is 22.9. The van der Waals surface area contributed by atoms with Gasteiger partial charge in [0.05, 0.1) is 12.5 Å². The summed E-state index contributed by atoms with van der Waals surface area (Å²) in [5, 5.41) is 16.8. The third-order valence-electron chi connectivity index (χ3n) is 8.38. The van der Waals surface area contributed by atoms with E-state index in [1.807, 2.05) is 24.3 Å². The molecule has 260 valence electrons. The summed E-state index contributed by atoms with van der Waals surface area (Å²) >= 11 is 0. The van der Waals surface area contributed by atoms with E-state index >= 15 is 0 Å². The van der Waals surface area contributed by atoms with E-state index in [2.05, 4.69) is 10.6 Å². The second-order valence-electron chi connectivity index (χ2n) is 13.4. The predicted molar refractivity (Wildman–Crippen MR) is 177 cm³/mol. The highest BCUT2D eigenvalue weighted by Gasteiger charge is 2.42. The van der Waals surface area contributed by atoms with E-state index in [1.54, 1.807) is 62.1 Å². The van der Waals surface area contributed by atoms with Crippen LogP contribution < -0.4 is 10.6 Å². The van der Waals surface area contributed by atoms with Crippen LogP contribution in [0.2, 0.25) is 0 Å². The number of amides is 4. The Kier molecular flexibility index (Phi) is 13.0. The number of piperidine rings is 1. The van der Waals surface area contributed by atoms with Crippen molar-refractivity contribution < 1.29 is 38.6 Å². The molecular weight excluding hydrogens is 616 g/mol. The van der Waals surface area contributed by atoms with E-state index in [0.29, 0.717) is 25.9 Å². The number of rotatable bonds is 12. The Hall–Kier alpha value is -4.45. The molecule has 2 aromatic rings. The molecule has 4 atom stereocenters. The highest BCUT2D eigenvalue weighted by Crippen LogP contribution is 2.23. The summed E-state index contributed by atoms with van der Waals surface area (Å²) < 4.78 is 10.9. The lowest BCUT2D eigenvalue weighted by Crippen LogP contribution is -2.58. The second kappa shape index (κ2) is 17.1. The minimum absolute atomic E-state index is 0.0421. The number of likely N-dealkylation sites (tertiary alicyclic amines) is 2. The van der Waals surface area contributed by atoms with Gasteiger partial charge in [-0.05, 0) is 70.4 Å². The fourth-order valence-electron chi connectivity index (χ4n) is 5.94. The van der Waals surface area contributed by atoms with Crippen LogP contribution in [0.1, 0.15) is 70.4 Å². The molecule has 48 heavy (non-hydrogen) atoms. The number of hydrogen-bond acceptors (Lipinski definition) is 8. The van der Waals surface area contributed by atoms with Gasteiger partial charge in [-0.15, -0.1) is 0 Å². The van der Waals surface area contributed by atoms with Crippen molar-refractivity contribution >= 4 is 29.8 Å². The van der Waals surface area contributed by atoms with Crippen LogP contribution in [0.25, 0.3) is 0 Å². The summed E-state index contributed by atoms with van der Waals surface area (Å²) in [4.78, 5) is 69.7. The normalized spacial score (nSPS) is 18.3. The van der Waals surface area contributed by atoms with Crippen molar-refractivity contribution in [2.45, 2.75) is 102 Å². The van der Waals surface area contributed by atoms with Crippen LogP contribution in [-0.2, 0) is 41.7 Å². The minimum atomic E-state index is -1.74. The summed E-state index contributed by atoms with van der Waals surface area (Å²) in [6.07, 6.45) is 0.756. The van der Waals surface area contributed by atoms with Gasteiger partial charge in [-0.3, -0.25) is 14.4 Å². The van der Waals surface area contributed by atoms with Crippen molar-refractivity contribution in [3.05, 3.63) is 71.8 Å². The van der Waals surface area contributed by atoms with Crippen LogP contribution in [0.15, 0.2) is 60.7 Å². The lowest BCUT2D eigenvalue weighted by molar-refractivity contribution is -0.165. The maximum atomic E-state index is 13.9. The lowest BCUT2D eigenvalue weighted by Gasteiger charge is -2.32. The topological polar surface area (TPSA) is 155 Å². The van der Waals surface area contributed by atoms with E-state index < -0.39 is 53.7 Å². The average Bonchev–Trinajstić information content (AvgIpc) is 3.57. The first-order valence-electron chi connectivity index (χ1n) is 16.7. The molecule has 2 aromatic carbocycles. The Labute approximate surface area is 282 Å². The number of hydrogen-bond donors (Lipinski definition) is 3. The molecule has 2 aliphatic rings. The molecule has 2 aliphatic heterocycles. The highest BCUT2D eigenvalue weighted by atomic mass is 16.6. The SMILES string of the molecule is CC(C)(C)OC(=O)[C@@H]1CCCN1C(=O)C(O)[C@H](Cc1ccccc1)NC(=O)[C@H](CC(=O)N1CCCCC1)NC(=O)OCc1ccccc1. The molecule has 0 aromatic heterocycles. The third-order valence-corrected chi connectivity index (χ3v) is 8.38. The molecule has 2 heterocycles. The molecule has 3 N–H and O–H groups in total. The van der Waals surface area contributed by atoms with Gasteiger partial charge in [0.2, 0.25) is 11.8 Å². The predicted octanol–water partition coefficient (Wildman–Crippen LogP) is 3.11. The van der Waals surface area contributed by atoms with Gasteiger partial charge in [0.1, 0.15) is 24.3 Å². The number of nitrogens with zero attached hydrogens (tertiary/aromatic N) is 2. The Morgan fingerprint density at radius 1 is 0.854 bits per heavy atom. The van der Waals surface area contributed by atoms with Gasteiger partial charge >= 0.3 is 12.1 Å². The maximum absolute atomic E-state index is 13.9. The lowest BCUT2D eigenvalue weighted by atomic mass is 9.99. The molecule has 0 aliphatic carbocycles. The molecule has 0 saturated carbocycles. The quantitative estimate of drug-likeness (QED) is 0.293. The Morgan fingerprint density at radius 2 is 1.48 bits per heavy atom. The average molecular weight is 665 g/mol. The summed E-state index contributed by atoms with van der Waals surface area (Å²) in [5.74, 6) is -2.33. The standard InChI is InChI=1S/C36H48N4O8/c1-36(2,3)48-34(45)29-18-13-21-40(29)33(44)31(42)27(22-25-14-7-4-8-15-25)37-32(43)28(23-30(41)39-19-11-6-12-20-39)38-35(46)47-24-26-16-9-5-10-17-26/h4-5,7-10,14-17,27-29,31,42H,6,11-13,18-24H2,1-3H3,(H,37,43)(H,38,46)/t27-,28-,29-,31?/m0/s1. The maximum Gasteiger partial charge on any atom is 0.408 e. The van der Waals surface area contributed by atoms with Crippen molar-refractivity contribution in [2.24, 2.45) is 0 Å². The van der Waals surface area contributed by atoms with Crippen molar-refractivity contribution in [3.63, 3.8) is 0 Å². The van der Waals surface area contributed by atoms with Crippen LogP contribution in [0.4, 0.5) is 4.79 Å². The molecule has 12 heteroatoms. The number of benzene rings is 2. The van der Waals surface area contributed by atoms with Crippen molar-refractivity contribution in [1.82, 2.24) is 20.4 Å². The first-order valence-corrected chi connectivity index (χ1v) is 16.7. The van der Waals surface area contributed by atoms with Crippen molar-refractivity contribution in [1.29, 1.82) is 0 Å².